The van der Waals surface area contributed by atoms with Crippen molar-refractivity contribution in [2.24, 2.45) is 11.3 Å². The van der Waals surface area contributed by atoms with Gasteiger partial charge in [0.05, 0.1) is 0 Å². The van der Waals surface area contributed by atoms with Gasteiger partial charge in [-0.3, -0.25) is 4.90 Å². The van der Waals surface area contributed by atoms with Gasteiger partial charge < -0.3 is 4.90 Å². The Bertz CT molecular complexity index is 736. The van der Waals surface area contributed by atoms with Gasteiger partial charge in [0.25, 0.3) is 0 Å². The highest BCUT2D eigenvalue weighted by molar-refractivity contribution is 7.07. The number of hydrogen-bond acceptors (Lipinski definition) is 3. The fraction of sp³-hybridized carbons (Fsp3) is 0.600. The summed E-state index contributed by atoms with van der Waals surface area (Å²) in [6.07, 6.45) is 5.49. The van der Waals surface area contributed by atoms with Gasteiger partial charge in [0, 0.05) is 38.4 Å². The molecule has 4 heteroatoms. The summed E-state index contributed by atoms with van der Waals surface area (Å²) in [6, 6.07) is 11.5. The molecule has 0 unspecified atom stereocenters. The minimum absolute atomic E-state index is 0. The minimum atomic E-state index is 0. The van der Waals surface area contributed by atoms with Gasteiger partial charge in [-0.05, 0) is 77.0 Å². The number of benzene rings is 1. The molecular weight excluding hydrogens is 396 g/mol. The van der Waals surface area contributed by atoms with E-state index in [2.05, 4.69) is 71.7 Å². The molecule has 2 aliphatic rings. The topological polar surface area (TPSA) is 6.48 Å². The van der Waals surface area contributed by atoms with Gasteiger partial charge in [0.1, 0.15) is 0 Å². The molecule has 0 amide bonds. The SMILES string of the molecule is CC(C)(C)C1CCC(c2ccccc2N2CCN(Cc3ccsc3)CC2)CC1.Cl. The van der Waals surface area contributed by atoms with Crippen LogP contribution in [-0.2, 0) is 6.54 Å². The number of para-hydroxylation sites is 1. The first-order valence-electron chi connectivity index (χ1n) is 11.1. The first kappa shape index (κ1) is 22.7. The third-order valence-corrected chi connectivity index (χ3v) is 7.76. The molecule has 1 aliphatic carbocycles. The number of nitrogens with zero attached hydrogens (tertiary/aromatic N) is 2. The maximum absolute atomic E-state index is 2.65. The summed E-state index contributed by atoms with van der Waals surface area (Å²) in [7, 11) is 0. The van der Waals surface area contributed by atoms with Crippen LogP contribution in [0, 0.1) is 11.3 Å². The van der Waals surface area contributed by atoms with E-state index in [1.807, 2.05) is 11.3 Å². The largest absolute Gasteiger partial charge is 0.369 e. The number of thiophene rings is 1. The molecule has 1 saturated heterocycles. The maximum atomic E-state index is 2.65. The minimum Gasteiger partial charge on any atom is -0.369 e. The lowest BCUT2D eigenvalue weighted by Crippen LogP contribution is -2.46. The van der Waals surface area contributed by atoms with Crippen LogP contribution in [0.15, 0.2) is 41.1 Å². The average Bonchev–Trinajstić information content (AvgIpc) is 3.21. The number of anilines is 1. The lowest BCUT2D eigenvalue weighted by atomic mass is 9.68. The highest BCUT2D eigenvalue weighted by Gasteiger charge is 2.31. The molecule has 0 N–H and O–H groups in total. The van der Waals surface area contributed by atoms with Crippen LogP contribution in [0.3, 0.4) is 0 Å². The van der Waals surface area contributed by atoms with Crippen molar-refractivity contribution in [1.82, 2.24) is 4.90 Å². The lowest BCUT2D eigenvalue weighted by Gasteiger charge is -2.40. The van der Waals surface area contributed by atoms with Crippen LogP contribution >= 0.6 is 23.7 Å². The normalized spacial score (nSPS) is 23.6. The Kier molecular flexibility index (Phi) is 7.69. The molecule has 29 heavy (non-hydrogen) atoms. The second-order valence-corrected chi connectivity index (χ2v) is 10.6. The summed E-state index contributed by atoms with van der Waals surface area (Å²) in [5, 5.41) is 4.48. The van der Waals surface area contributed by atoms with Crippen molar-refractivity contribution in [1.29, 1.82) is 0 Å². The predicted molar refractivity (Wildman–Crippen MR) is 130 cm³/mol. The van der Waals surface area contributed by atoms with Crippen LogP contribution < -0.4 is 4.90 Å². The Morgan fingerprint density at radius 2 is 1.62 bits per heavy atom. The molecule has 1 saturated carbocycles. The van der Waals surface area contributed by atoms with Gasteiger partial charge in [0.15, 0.2) is 0 Å². The standard InChI is InChI=1S/C25H36N2S.ClH/c1-25(2,3)22-10-8-21(9-11-22)23-6-4-5-7-24(23)27-15-13-26(14-16-27)18-20-12-17-28-19-20;/h4-7,12,17,19,21-22H,8-11,13-16,18H2,1-3H3;1H. The zero-order valence-corrected chi connectivity index (χ0v) is 19.9. The van der Waals surface area contributed by atoms with E-state index in [4.69, 9.17) is 0 Å². The van der Waals surface area contributed by atoms with E-state index in [1.165, 1.54) is 50.0 Å². The van der Waals surface area contributed by atoms with Gasteiger partial charge in [-0.15, -0.1) is 12.4 Å². The van der Waals surface area contributed by atoms with Crippen molar-refractivity contribution in [3.05, 3.63) is 52.2 Å². The van der Waals surface area contributed by atoms with Gasteiger partial charge >= 0.3 is 0 Å². The quantitative estimate of drug-likeness (QED) is 0.523. The van der Waals surface area contributed by atoms with E-state index in [9.17, 15) is 0 Å². The Balaban J connectivity index is 0.00000240. The van der Waals surface area contributed by atoms with Crippen molar-refractivity contribution in [3.63, 3.8) is 0 Å². The molecule has 0 spiro atoms. The third kappa shape index (κ3) is 5.57. The van der Waals surface area contributed by atoms with E-state index >= 15 is 0 Å². The summed E-state index contributed by atoms with van der Waals surface area (Å²) in [6.45, 7) is 13.0. The number of rotatable bonds is 4. The van der Waals surface area contributed by atoms with Crippen LogP contribution in [-0.4, -0.2) is 31.1 Å². The van der Waals surface area contributed by atoms with Gasteiger partial charge in [-0.25, -0.2) is 0 Å². The first-order chi connectivity index (χ1) is 13.5. The van der Waals surface area contributed by atoms with Crippen LogP contribution in [0.5, 0.6) is 0 Å². The lowest BCUT2D eigenvalue weighted by molar-refractivity contribution is 0.169. The van der Waals surface area contributed by atoms with Crippen LogP contribution in [0.1, 0.15) is 63.5 Å². The summed E-state index contributed by atoms with van der Waals surface area (Å²) < 4.78 is 0. The van der Waals surface area contributed by atoms with E-state index in [0.29, 0.717) is 5.41 Å². The van der Waals surface area contributed by atoms with Crippen molar-refractivity contribution in [3.8, 4) is 0 Å². The Labute approximate surface area is 187 Å². The zero-order chi connectivity index (χ0) is 19.6. The van der Waals surface area contributed by atoms with Crippen LogP contribution in [0.25, 0.3) is 0 Å². The highest BCUT2D eigenvalue weighted by atomic mass is 35.5. The van der Waals surface area contributed by atoms with E-state index in [-0.39, 0.29) is 12.4 Å². The van der Waals surface area contributed by atoms with Gasteiger partial charge in [-0.2, -0.15) is 11.3 Å². The molecular formula is C25H37ClN2S. The van der Waals surface area contributed by atoms with E-state index in [1.54, 1.807) is 5.56 Å². The summed E-state index contributed by atoms with van der Waals surface area (Å²) >= 11 is 1.81. The fourth-order valence-electron chi connectivity index (χ4n) is 5.18. The maximum Gasteiger partial charge on any atom is 0.0402 e. The Morgan fingerprint density at radius 1 is 0.931 bits per heavy atom. The van der Waals surface area contributed by atoms with Crippen molar-refractivity contribution >= 4 is 29.4 Å². The molecule has 2 heterocycles. The Morgan fingerprint density at radius 3 is 2.24 bits per heavy atom. The van der Waals surface area contributed by atoms with Crippen molar-refractivity contribution in [2.75, 3.05) is 31.1 Å². The summed E-state index contributed by atoms with van der Waals surface area (Å²) in [4.78, 5) is 5.25. The van der Waals surface area contributed by atoms with Crippen molar-refractivity contribution < 1.29 is 0 Å². The molecule has 1 aromatic heterocycles. The monoisotopic (exact) mass is 432 g/mol. The Hall–Kier alpha value is -1.03. The predicted octanol–water partition coefficient (Wildman–Crippen LogP) is 6.81. The molecule has 160 valence electrons. The number of hydrogen-bond donors (Lipinski definition) is 0. The third-order valence-electron chi connectivity index (χ3n) is 7.03. The molecule has 1 aliphatic heterocycles. The molecule has 0 radical (unpaired) electrons. The smallest absolute Gasteiger partial charge is 0.0402 e. The molecule has 1 aromatic carbocycles. The zero-order valence-electron chi connectivity index (χ0n) is 18.3. The molecule has 2 aromatic rings. The number of halogens is 1. The molecule has 0 atom stereocenters. The van der Waals surface area contributed by atoms with Crippen LogP contribution in [0.4, 0.5) is 5.69 Å². The second kappa shape index (κ2) is 9.85. The summed E-state index contributed by atoms with van der Waals surface area (Å²) in [5.74, 6) is 1.63. The highest BCUT2D eigenvalue weighted by Crippen LogP contribution is 2.45. The van der Waals surface area contributed by atoms with Crippen molar-refractivity contribution in [2.45, 2.75) is 58.9 Å². The van der Waals surface area contributed by atoms with Gasteiger partial charge in [0.2, 0.25) is 0 Å². The van der Waals surface area contributed by atoms with E-state index in [0.717, 1.165) is 31.5 Å². The molecule has 4 rings (SSSR count). The second-order valence-electron chi connectivity index (χ2n) is 9.87. The number of piperazine rings is 1. The molecule has 2 fully saturated rings. The van der Waals surface area contributed by atoms with E-state index < -0.39 is 0 Å². The average molecular weight is 433 g/mol. The molecule has 0 bridgehead atoms. The van der Waals surface area contributed by atoms with Crippen LogP contribution in [0.2, 0.25) is 0 Å². The first-order valence-corrected chi connectivity index (χ1v) is 12.0. The molecule has 2 nitrogen and oxygen atoms in total. The fourth-order valence-corrected chi connectivity index (χ4v) is 5.84. The van der Waals surface area contributed by atoms with Gasteiger partial charge in [-0.1, -0.05) is 39.0 Å². The summed E-state index contributed by atoms with van der Waals surface area (Å²) in [5.41, 5.74) is 5.05.